The van der Waals surface area contributed by atoms with Crippen molar-refractivity contribution in [1.29, 1.82) is 0 Å². The molecule has 0 heterocycles. The summed E-state index contributed by atoms with van der Waals surface area (Å²) in [7, 11) is 1.92. The van der Waals surface area contributed by atoms with Gasteiger partial charge in [0.25, 0.3) is 0 Å². The maximum absolute atomic E-state index is 11.4. The number of ether oxygens (including phenoxy) is 1. The standard InChI is InChI=1S/C14H26N2O2/c1-7-18-14(17)11(4)8-9-16(6)12(5)13(15)10(2)3/h8,10,13H,5,7,9,15H2,1-4,6H3/b11-8+. The molecule has 0 aromatic carbocycles. The van der Waals surface area contributed by atoms with E-state index in [-0.39, 0.29) is 12.0 Å². The van der Waals surface area contributed by atoms with Crippen LogP contribution in [0.15, 0.2) is 23.9 Å². The molecule has 1 unspecified atom stereocenters. The zero-order valence-electron chi connectivity index (χ0n) is 12.2. The monoisotopic (exact) mass is 254 g/mol. The molecule has 0 aliphatic rings. The first-order valence-corrected chi connectivity index (χ1v) is 6.30. The minimum atomic E-state index is -0.273. The number of nitrogens with zero attached hydrogens (tertiary/aromatic N) is 1. The van der Waals surface area contributed by atoms with Gasteiger partial charge in [-0.25, -0.2) is 4.79 Å². The summed E-state index contributed by atoms with van der Waals surface area (Å²) < 4.78 is 4.91. The van der Waals surface area contributed by atoms with Crippen LogP contribution in [0.4, 0.5) is 0 Å². The number of carbonyl (C=O) groups excluding carboxylic acids is 1. The van der Waals surface area contributed by atoms with Gasteiger partial charge in [0.05, 0.1) is 6.61 Å². The predicted molar refractivity (Wildman–Crippen MR) is 75.0 cm³/mol. The molecular formula is C14H26N2O2. The maximum atomic E-state index is 11.4. The fourth-order valence-electron chi connectivity index (χ4n) is 1.36. The third-order valence-corrected chi connectivity index (χ3v) is 2.86. The lowest BCUT2D eigenvalue weighted by Gasteiger charge is -2.27. The normalized spacial score (nSPS) is 13.4. The number of esters is 1. The summed E-state index contributed by atoms with van der Waals surface area (Å²) in [4.78, 5) is 13.4. The molecule has 0 spiro atoms. The molecule has 0 fully saturated rings. The van der Waals surface area contributed by atoms with Crippen molar-refractivity contribution in [1.82, 2.24) is 4.90 Å². The second-order valence-corrected chi connectivity index (χ2v) is 4.75. The van der Waals surface area contributed by atoms with Crippen LogP contribution >= 0.6 is 0 Å². The third-order valence-electron chi connectivity index (χ3n) is 2.86. The van der Waals surface area contributed by atoms with Gasteiger partial charge >= 0.3 is 5.97 Å². The average Bonchev–Trinajstić information content (AvgIpc) is 2.33. The molecule has 2 N–H and O–H groups in total. The van der Waals surface area contributed by atoms with Crippen LogP contribution in [0, 0.1) is 5.92 Å². The molecular weight excluding hydrogens is 228 g/mol. The van der Waals surface area contributed by atoms with Gasteiger partial charge in [-0.3, -0.25) is 0 Å². The van der Waals surface area contributed by atoms with Gasteiger partial charge in [0.2, 0.25) is 0 Å². The van der Waals surface area contributed by atoms with E-state index in [2.05, 4.69) is 20.4 Å². The molecule has 0 rings (SSSR count). The molecule has 0 aromatic heterocycles. The van der Waals surface area contributed by atoms with Crippen molar-refractivity contribution in [2.45, 2.75) is 33.7 Å². The zero-order valence-corrected chi connectivity index (χ0v) is 12.2. The van der Waals surface area contributed by atoms with Crippen LogP contribution in [0.25, 0.3) is 0 Å². The van der Waals surface area contributed by atoms with Crippen LogP contribution < -0.4 is 5.73 Å². The van der Waals surface area contributed by atoms with Gasteiger partial charge in [-0.05, 0) is 19.8 Å². The molecule has 0 aliphatic carbocycles. The molecule has 0 aromatic rings. The van der Waals surface area contributed by atoms with Gasteiger partial charge in [-0.1, -0.05) is 26.5 Å². The topological polar surface area (TPSA) is 55.6 Å². The Morgan fingerprint density at radius 3 is 2.50 bits per heavy atom. The molecule has 104 valence electrons. The summed E-state index contributed by atoms with van der Waals surface area (Å²) in [6.45, 7) is 12.6. The highest BCUT2D eigenvalue weighted by Gasteiger charge is 2.14. The Kier molecular flexibility index (Phi) is 7.36. The molecule has 0 amide bonds. The third kappa shape index (κ3) is 5.36. The summed E-state index contributed by atoms with van der Waals surface area (Å²) in [6.07, 6.45) is 1.83. The van der Waals surface area contributed by atoms with E-state index in [1.807, 2.05) is 18.0 Å². The molecule has 0 radical (unpaired) electrons. The first-order chi connectivity index (χ1) is 8.31. The average molecular weight is 254 g/mol. The van der Waals surface area contributed by atoms with Crippen molar-refractivity contribution in [2.24, 2.45) is 11.7 Å². The quantitative estimate of drug-likeness (QED) is 0.557. The lowest BCUT2D eigenvalue weighted by atomic mass is 10.0. The first kappa shape index (κ1) is 16.7. The van der Waals surface area contributed by atoms with Crippen LogP contribution in [0.2, 0.25) is 0 Å². The molecule has 0 aliphatic heterocycles. The maximum Gasteiger partial charge on any atom is 0.333 e. The molecule has 4 nitrogen and oxygen atoms in total. The molecule has 18 heavy (non-hydrogen) atoms. The summed E-state index contributed by atoms with van der Waals surface area (Å²) in [6, 6.07) is -0.0636. The van der Waals surface area contributed by atoms with E-state index in [1.165, 1.54) is 0 Å². The number of likely N-dealkylation sites (N-methyl/N-ethyl adjacent to an activating group) is 1. The van der Waals surface area contributed by atoms with E-state index in [9.17, 15) is 4.79 Å². The van der Waals surface area contributed by atoms with Crippen LogP contribution in [0.3, 0.4) is 0 Å². The van der Waals surface area contributed by atoms with Gasteiger partial charge in [0, 0.05) is 30.9 Å². The lowest BCUT2D eigenvalue weighted by Crippen LogP contribution is -2.36. The largest absolute Gasteiger partial charge is 0.463 e. The van der Waals surface area contributed by atoms with Gasteiger partial charge in [-0.2, -0.15) is 0 Å². The number of carbonyl (C=O) groups is 1. The number of hydrogen-bond donors (Lipinski definition) is 1. The molecule has 0 saturated heterocycles. The minimum Gasteiger partial charge on any atom is -0.463 e. The second-order valence-electron chi connectivity index (χ2n) is 4.75. The van der Waals surface area contributed by atoms with E-state index in [4.69, 9.17) is 10.5 Å². The van der Waals surface area contributed by atoms with E-state index >= 15 is 0 Å². The number of nitrogens with two attached hydrogens (primary N) is 1. The number of rotatable bonds is 7. The summed E-state index contributed by atoms with van der Waals surface area (Å²) >= 11 is 0. The fourth-order valence-corrected chi connectivity index (χ4v) is 1.36. The first-order valence-electron chi connectivity index (χ1n) is 6.30. The van der Waals surface area contributed by atoms with Crippen molar-refractivity contribution in [3.8, 4) is 0 Å². The molecule has 1 atom stereocenters. The van der Waals surface area contributed by atoms with E-state index in [0.29, 0.717) is 24.6 Å². The van der Waals surface area contributed by atoms with Crippen molar-refractivity contribution < 1.29 is 9.53 Å². The molecule has 0 bridgehead atoms. The minimum absolute atomic E-state index is 0.0636. The van der Waals surface area contributed by atoms with Crippen molar-refractivity contribution in [2.75, 3.05) is 20.2 Å². The highest BCUT2D eigenvalue weighted by atomic mass is 16.5. The summed E-state index contributed by atoms with van der Waals surface area (Å²) in [5.41, 5.74) is 7.50. The zero-order chi connectivity index (χ0) is 14.3. The van der Waals surface area contributed by atoms with Gasteiger partial charge in [-0.15, -0.1) is 0 Å². The van der Waals surface area contributed by atoms with Gasteiger partial charge in [0.15, 0.2) is 0 Å². The molecule has 0 saturated carbocycles. The Labute approximate surface area is 110 Å². The number of hydrogen-bond acceptors (Lipinski definition) is 4. The van der Waals surface area contributed by atoms with Crippen molar-refractivity contribution >= 4 is 5.97 Å². The highest BCUT2D eigenvalue weighted by Crippen LogP contribution is 2.11. The Morgan fingerprint density at radius 1 is 1.50 bits per heavy atom. The van der Waals surface area contributed by atoms with E-state index in [1.54, 1.807) is 13.8 Å². The van der Waals surface area contributed by atoms with Crippen LogP contribution in [-0.4, -0.2) is 37.1 Å². The Morgan fingerprint density at radius 2 is 2.06 bits per heavy atom. The lowest BCUT2D eigenvalue weighted by molar-refractivity contribution is -0.138. The Hall–Kier alpha value is -1.29. The summed E-state index contributed by atoms with van der Waals surface area (Å²) in [5.74, 6) is 0.0692. The van der Waals surface area contributed by atoms with Crippen molar-refractivity contribution in [3.05, 3.63) is 23.9 Å². The predicted octanol–water partition coefficient (Wildman–Crippen LogP) is 1.92. The Balaban J connectivity index is 4.40. The fraction of sp³-hybridized carbons (Fsp3) is 0.643. The van der Waals surface area contributed by atoms with E-state index in [0.717, 1.165) is 5.70 Å². The van der Waals surface area contributed by atoms with Crippen molar-refractivity contribution in [3.63, 3.8) is 0 Å². The Bertz CT molecular complexity index is 322. The van der Waals surface area contributed by atoms with E-state index < -0.39 is 0 Å². The van der Waals surface area contributed by atoms with Gasteiger partial charge in [0.1, 0.15) is 0 Å². The summed E-state index contributed by atoms with van der Waals surface area (Å²) in [5, 5.41) is 0. The van der Waals surface area contributed by atoms with Crippen LogP contribution in [-0.2, 0) is 9.53 Å². The van der Waals surface area contributed by atoms with Crippen LogP contribution in [0.1, 0.15) is 27.7 Å². The second kappa shape index (κ2) is 7.93. The molecule has 4 heteroatoms. The highest BCUT2D eigenvalue weighted by molar-refractivity contribution is 5.87. The van der Waals surface area contributed by atoms with Crippen LogP contribution in [0.5, 0.6) is 0 Å². The van der Waals surface area contributed by atoms with Gasteiger partial charge < -0.3 is 15.4 Å². The smallest absolute Gasteiger partial charge is 0.333 e. The SMILES string of the molecule is C=C(C(N)C(C)C)N(C)C/C=C(\C)C(=O)OCC.